The van der Waals surface area contributed by atoms with Crippen LogP contribution in [0.25, 0.3) is 5.95 Å². The van der Waals surface area contributed by atoms with Crippen molar-refractivity contribution in [3.05, 3.63) is 53.6 Å². The zero-order valence-corrected chi connectivity index (χ0v) is 11.4. The van der Waals surface area contributed by atoms with Crippen molar-refractivity contribution in [3.8, 4) is 12.0 Å². The second-order valence-corrected chi connectivity index (χ2v) is 4.30. The van der Waals surface area contributed by atoms with Crippen LogP contribution >= 0.6 is 11.6 Å². The first kappa shape index (κ1) is 13.0. The van der Waals surface area contributed by atoms with Gasteiger partial charge in [-0.25, -0.2) is 4.68 Å². The number of nitrogens with zero attached hydrogens (tertiary/aromatic N) is 6. The third-order valence-corrected chi connectivity index (χ3v) is 2.77. The Kier molecular flexibility index (Phi) is 3.45. The normalized spacial score (nSPS) is 10.1. The minimum Gasteiger partial charge on any atom is -0.323 e. The number of rotatable bonds is 3. The van der Waals surface area contributed by atoms with Crippen LogP contribution in [-0.4, -0.2) is 24.7 Å². The average Bonchev–Trinajstić information content (AvgIpc) is 3.01. The van der Waals surface area contributed by atoms with Gasteiger partial charge < -0.3 is 5.32 Å². The summed E-state index contributed by atoms with van der Waals surface area (Å²) in [5.74, 6) is 0.528. The molecule has 3 aromatic rings. The van der Waals surface area contributed by atoms with Crippen LogP contribution in [0.2, 0.25) is 5.28 Å². The Hall–Kier alpha value is -2.98. The van der Waals surface area contributed by atoms with E-state index in [0.717, 1.165) is 0 Å². The van der Waals surface area contributed by atoms with Crippen LogP contribution in [0.4, 0.5) is 11.6 Å². The fourth-order valence-electron chi connectivity index (χ4n) is 1.70. The third kappa shape index (κ3) is 2.80. The molecule has 0 fully saturated rings. The van der Waals surface area contributed by atoms with Gasteiger partial charge in [0.1, 0.15) is 6.07 Å². The predicted octanol–water partition coefficient (Wildman–Crippen LogP) is 2.33. The van der Waals surface area contributed by atoms with E-state index in [9.17, 15) is 0 Å². The molecule has 7 nitrogen and oxygen atoms in total. The number of hydrogen-bond acceptors (Lipinski definition) is 6. The minimum absolute atomic E-state index is 0.0347. The molecule has 0 saturated carbocycles. The van der Waals surface area contributed by atoms with Crippen LogP contribution in [0.3, 0.4) is 0 Å². The summed E-state index contributed by atoms with van der Waals surface area (Å²) in [6.45, 7) is 0. The lowest BCUT2D eigenvalue weighted by molar-refractivity contribution is 0.798. The Morgan fingerprint density at radius 3 is 2.76 bits per heavy atom. The van der Waals surface area contributed by atoms with Crippen LogP contribution in [0.1, 0.15) is 5.56 Å². The molecule has 102 valence electrons. The van der Waals surface area contributed by atoms with Crippen molar-refractivity contribution in [1.29, 1.82) is 5.26 Å². The maximum atomic E-state index is 9.07. The van der Waals surface area contributed by atoms with Gasteiger partial charge in [-0.3, -0.25) is 0 Å². The average molecular weight is 298 g/mol. The Bertz CT molecular complexity index is 808. The summed E-state index contributed by atoms with van der Waals surface area (Å²) >= 11 is 5.90. The molecule has 3 rings (SSSR count). The highest BCUT2D eigenvalue weighted by Gasteiger charge is 2.09. The molecule has 0 amide bonds. The number of nitrogens with one attached hydrogen (secondary N) is 1. The van der Waals surface area contributed by atoms with Crippen molar-refractivity contribution in [2.75, 3.05) is 5.32 Å². The van der Waals surface area contributed by atoms with E-state index in [1.165, 1.54) is 4.68 Å². The number of benzene rings is 1. The van der Waals surface area contributed by atoms with Crippen LogP contribution in [0.15, 0.2) is 42.7 Å². The quantitative estimate of drug-likeness (QED) is 0.797. The minimum atomic E-state index is 0.0347. The third-order valence-electron chi connectivity index (χ3n) is 2.60. The molecular weight excluding hydrogens is 290 g/mol. The van der Waals surface area contributed by atoms with E-state index in [4.69, 9.17) is 16.9 Å². The topological polar surface area (TPSA) is 92.3 Å². The molecule has 21 heavy (non-hydrogen) atoms. The summed E-state index contributed by atoms with van der Waals surface area (Å²) in [4.78, 5) is 12.2. The molecule has 0 atom stereocenters. The van der Waals surface area contributed by atoms with Crippen molar-refractivity contribution < 1.29 is 0 Å². The lowest BCUT2D eigenvalue weighted by atomic mass is 10.2. The van der Waals surface area contributed by atoms with Gasteiger partial charge in [0, 0.05) is 12.4 Å². The SMILES string of the molecule is N#Cc1ccccc1Nc1nc(Cl)nc(-n2cccn2)n1. The molecule has 1 aromatic carbocycles. The van der Waals surface area contributed by atoms with E-state index >= 15 is 0 Å². The van der Waals surface area contributed by atoms with E-state index in [1.807, 2.05) is 0 Å². The first-order valence-corrected chi connectivity index (χ1v) is 6.32. The van der Waals surface area contributed by atoms with Crippen LogP contribution in [0.5, 0.6) is 0 Å². The van der Waals surface area contributed by atoms with Crippen molar-refractivity contribution in [2.24, 2.45) is 0 Å². The van der Waals surface area contributed by atoms with Gasteiger partial charge in [0.05, 0.1) is 11.3 Å². The van der Waals surface area contributed by atoms with Gasteiger partial charge >= 0.3 is 0 Å². The molecule has 0 aliphatic rings. The number of hydrogen-bond donors (Lipinski definition) is 1. The van der Waals surface area contributed by atoms with Gasteiger partial charge in [-0.15, -0.1) is 0 Å². The van der Waals surface area contributed by atoms with Crippen LogP contribution < -0.4 is 5.32 Å². The van der Waals surface area contributed by atoms with Gasteiger partial charge in [0.25, 0.3) is 5.95 Å². The molecule has 0 aliphatic carbocycles. The molecule has 1 N–H and O–H groups in total. The summed E-state index contributed by atoms with van der Waals surface area (Å²) in [5, 5.41) is 16.1. The molecule has 8 heteroatoms. The summed E-state index contributed by atoms with van der Waals surface area (Å²) in [5.41, 5.74) is 1.07. The highest BCUT2D eigenvalue weighted by Crippen LogP contribution is 2.19. The van der Waals surface area contributed by atoms with Crippen LogP contribution in [0, 0.1) is 11.3 Å². The highest BCUT2D eigenvalue weighted by atomic mass is 35.5. The fourth-order valence-corrected chi connectivity index (χ4v) is 1.85. The summed E-state index contributed by atoms with van der Waals surface area (Å²) in [6, 6.07) is 10.9. The molecule has 2 heterocycles. The van der Waals surface area contributed by atoms with Crippen LogP contribution in [-0.2, 0) is 0 Å². The maximum absolute atomic E-state index is 9.07. The Balaban J connectivity index is 1.98. The molecule has 0 bridgehead atoms. The largest absolute Gasteiger partial charge is 0.323 e. The molecule has 0 unspecified atom stereocenters. The molecular formula is C13H8ClN7. The number of nitriles is 1. The van der Waals surface area contributed by atoms with E-state index in [-0.39, 0.29) is 17.2 Å². The molecule has 0 saturated heterocycles. The van der Waals surface area contributed by atoms with Crippen molar-refractivity contribution >= 4 is 23.2 Å². The standard InChI is InChI=1S/C13H8ClN7/c14-11-18-12(17-10-5-2-1-4-9(10)8-15)20-13(19-11)21-7-3-6-16-21/h1-7H,(H,17,18,19,20). The lowest BCUT2D eigenvalue weighted by Gasteiger charge is -2.07. The molecule has 2 aromatic heterocycles. The number of aromatic nitrogens is 5. The second kappa shape index (κ2) is 5.56. The Labute approximate surface area is 124 Å². The van der Waals surface area contributed by atoms with Gasteiger partial charge in [-0.05, 0) is 29.8 Å². The second-order valence-electron chi connectivity index (χ2n) is 3.96. The van der Waals surface area contributed by atoms with E-state index < -0.39 is 0 Å². The fraction of sp³-hybridized carbons (Fsp3) is 0. The van der Waals surface area contributed by atoms with E-state index in [1.54, 1.807) is 42.7 Å². The van der Waals surface area contributed by atoms with Crippen molar-refractivity contribution in [3.63, 3.8) is 0 Å². The first-order valence-electron chi connectivity index (χ1n) is 5.94. The highest BCUT2D eigenvalue weighted by molar-refractivity contribution is 6.28. The zero-order valence-electron chi connectivity index (χ0n) is 10.6. The molecule has 0 spiro atoms. The van der Waals surface area contributed by atoms with E-state index in [0.29, 0.717) is 11.3 Å². The van der Waals surface area contributed by atoms with Gasteiger partial charge in [-0.1, -0.05) is 12.1 Å². The van der Waals surface area contributed by atoms with Gasteiger partial charge in [0.2, 0.25) is 11.2 Å². The Morgan fingerprint density at radius 1 is 1.14 bits per heavy atom. The monoisotopic (exact) mass is 297 g/mol. The predicted molar refractivity (Wildman–Crippen MR) is 76.4 cm³/mol. The smallest absolute Gasteiger partial charge is 0.256 e. The lowest BCUT2D eigenvalue weighted by Crippen LogP contribution is -2.07. The zero-order chi connectivity index (χ0) is 14.7. The summed E-state index contributed by atoms with van der Waals surface area (Å²) < 4.78 is 1.47. The van der Waals surface area contributed by atoms with Gasteiger partial charge in [0.15, 0.2) is 0 Å². The number of halogens is 1. The van der Waals surface area contributed by atoms with Crippen molar-refractivity contribution in [2.45, 2.75) is 0 Å². The Morgan fingerprint density at radius 2 is 2.00 bits per heavy atom. The van der Waals surface area contributed by atoms with E-state index in [2.05, 4.69) is 31.4 Å². The number of para-hydroxylation sites is 1. The summed E-state index contributed by atoms with van der Waals surface area (Å²) in [6.07, 6.45) is 3.30. The number of anilines is 2. The van der Waals surface area contributed by atoms with Crippen molar-refractivity contribution in [1.82, 2.24) is 24.7 Å². The maximum Gasteiger partial charge on any atom is 0.256 e. The van der Waals surface area contributed by atoms with Gasteiger partial charge in [-0.2, -0.15) is 25.3 Å². The first-order chi connectivity index (χ1) is 10.3. The summed E-state index contributed by atoms with van der Waals surface area (Å²) in [7, 11) is 0. The molecule has 0 aliphatic heterocycles. The molecule has 0 radical (unpaired) electrons.